The lowest BCUT2D eigenvalue weighted by Crippen LogP contribution is -1.96. The van der Waals surface area contributed by atoms with Gasteiger partial charge in [0.25, 0.3) is 0 Å². The number of para-hydroxylation sites is 6. The first kappa shape index (κ1) is 83.5. The molecule has 32 rings (SSSR count). The molecular formula is C144H89N3. The molecule has 29 aromatic rings. The molecule has 3 aliphatic rings. The van der Waals surface area contributed by atoms with Gasteiger partial charge in [-0.3, -0.25) is 0 Å². The van der Waals surface area contributed by atoms with Crippen molar-refractivity contribution in [2.45, 2.75) is 0 Å². The Hall–Kier alpha value is -19.3. The van der Waals surface area contributed by atoms with E-state index < -0.39 is 0 Å². The molecule has 3 heteroatoms. The smallest absolute Gasteiger partial charge is 0.0547 e. The lowest BCUT2D eigenvalue weighted by atomic mass is 9.89. The number of benzene rings is 26. The summed E-state index contributed by atoms with van der Waals surface area (Å²) in [6.45, 7) is 0. The van der Waals surface area contributed by atoms with Crippen LogP contribution in [0.4, 0.5) is 0 Å². The molecule has 0 amide bonds. The summed E-state index contributed by atoms with van der Waals surface area (Å²) >= 11 is 0. The lowest BCUT2D eigenvalue weighted by Gasteiger charge is -2.16. The van der Waals surface area contributed by atoms with E-state index in [1.807, 2.05) is 0 Å². The Balaban J connectivity index is 0.000000106. The van der Waals surface area contributed by atoms with Crippen LogP contribution in [0.2, 0.25) is 0 Å². The fourth-order valence-electron chi connectivity index (χ4n) is 24.8. The minimum Gasteiger partial charge on any atom is -0.309 e. The molecule has 0 saturated heterocycles. The van der Waals surface area contributed by atoms with Gasteiger partial charge in [-0.2, -0.15) is 0 Å². The molecule has 0 bridgehead atoms. The van der Waals surface area contributed by atoms with E-state index in [-0.39, 0.29) is 0 Å². The third-order valence-corrected chi connectivity index (χ3v) is 31.5. The van der Waals surface area contributed by atoms with Crippen LogP contribution in [0.15, 0.2) is 540 Å². The Morgan fingerprint density at radius 1 is 0.0952 bits per heavy atom. The van der Waals surface area contributed by atoms with Crippen molar-refractivity contribution in [3.63, 3.8) is 0 Å². The van der Waals surface area contributed by atoms with Crippen molar-refractivity contribution >= 4 is 130 Å². The van der Waals surface area contributed by atoms with Crippen LogP contribution in [0.25, 0.3) is 303 Å². The zero-order chi connectivity index (χ0) is 96.4. The Bertz CT molecular complexity index is 10200. The molecule has 0 aliphatic heterocycles. The van der Waals surface area contributed by atoms with Gasteiger partial charge in [0.05, 0.1) is 33.1 Å². The van der Waals surface area contributed by atoms with Gasteiger partial charge in [0.2, 0.25) is 0 Å². The van der Waals surface area contributed by atoms with E-state index in [9.17, 15) is 0 Å². The van der Waals surface area contributed by atoms with Gasteiger partial charge < -0.3 is 13.7 Å². The average molecular weight is 1860 g/mol. The molecule has 0 spiro atoms. The van der Waals surface area contributed by atoms with E-state index >= 15 is 0 Å². The highest BCUT2D eigenvalue weighted by Crippen LogP contribution is 2.56. The van der Waals surface area contributed by atoms with Gasteiger partial charge in [-0.1, -0.05) is 406 Å². The molecule has 26 aromatic carbocycles. The quantitative estimate of drug-likeness (QED) is 0.123. The van der Waals surface area contributed by atoms with Crippen LogP contribution >= 0.6 is 0 Å². The predicted octanol–water partition coefficient (Wildman–Crippen LogP) is 39.5. The third-order valence-electron chi connectivity index (χ3n) is 31.5. The maximum absolute atomic E-state index is 2.43. The molecule has 0 N–H and O–H groups in total. The van der Waals surface area contributed by atoms with Gasteiger partial charge in [-0.05, 0) is 354 Å². The summed E-state index contributed by atoms with van der Waals surface area (Å²) in [7, 11) is 0. The molecule has 0 saturated carbocycles. The van der Waals surface area contributed by atoms with Gasteiger partial charge in [-0.25, -0.2) is 0 Å². The van der Waals surface area contributed by atoms with Crippen LogP contribution in [0, 0.1) is 0 Å². The summed E-state index contributed by atoms with van der Waals surface area (Å²) in [6, 6.07) is 199. The fourth-order valence-corrected chi connectivity index (χ4v) is 24.8. The number of hydrogen-bond acceptors (Lipinski definition) is 0. The highest BCUT2D eigenvalue weighted by Gasteiger charge is 2.29. The van der Waals surface area contributed by atoms with Gasteiger partial charge in [-0.15, -0.1) is 0 Å². The van der Waals surface area contributed by atoms with Crippen LogP contribution in [0.3, 0.4) is 0 Å². The molecule has 0 atom stereocenters. The van der Waals surface area contributed by atoms with Crippen LogP contribution in [0.5, 0.6) is 0 Å². The molecule has 0 radical (unpaired) electrons. The molecule has 0 unspecified atom stereocenters. The van der Waals surface area contributed by atoms with Gasteiger partial charge in [0.15, 0.2) is 0 Å². The minimum absolute atomic E-state index is 1.16. The zero-order valence-electron chi connectivity index (χ0n) is 80.2. The molecule has 680 valence electrons. The highest BCUT2D eigenvalue weighted by molar-refractivity contribution is 6.24. The highest BCUT2D eigenvalue weighted by atomic mass is 15.0. The van der Waals surface area contributed by atoms with E-state index in [4.69, 9.17) is 0 Å². The van der Waals surface area contributed by atoms with Gasteiger partial charge >= 0.3 is 0 Å². The first-order valence-corrected chi connectivity index (χ1v) is 51.0. The Labute approximate surface area is 850 Å². The Kier molecular flexibility index (Phi) is 19.1. The van der Waals surface area contributed by atoms with Crippen molar-refractivity contribution in [3.05, 3.63) is 540 Å². The second kappa shape index (κ2) is 33.7. The Morgan fingerprint density at radius 3 is 0.816 bits per heavy atom. The van der Waals surface area contributed by atoms with E-state index in [1.165, 1.54) is 292 Å². The lowest BCUT2D eigenvalue weighted by molar-refractivity contribution is 1.18. The van der Waals surface area contributed by atoms with E-state index in [0.29, 0.717) is 0 Å². The number of rotatable bonds is 11. The monoisotopic (exact) mass is 1860 g/mol. The van der Waals surface area contributed by atoms with Crippen molar-refractivity contribution in [2.75, 3.05) is 0 Å². The van der Waals surface area contributed by atoms with Gasteiger partial charge in [0.1, 0.15) is 0 Å². The van der Waals surface area contributed by atoms with Crippen molar-refractivity contribution in [2.24, 2.45) is 0 Å². The minimum atomic E-state index is 1.16. The van der Waals surface area contributed by atoms with Crippen LogP contribution in [-0.4, -0.2) is 13.7 Å². The number of fused-ring (bicyclic) bond motifs is 21. The standard InChI is InChI=1S/C62H38N2.C42H26.C40H25N/c1-3-16-46(17-4-1)63-58-24-11-9-20-49(58)51-28-26-41(37-60(51)63)43-32-44(42-27-29-52-50-21-10-12-25-59(50)64(61(52)38-42)47-18-5-2-6-19-47)34-45(33-43)48-30-31-55-57-36-40-15-8-7-14-39(40)35-56(57)54-23-13-22-53(48)62(54)55;1-2-8-29-23-32(18-15-27(29)7-1)30-9-5-10-31(24-30)33-19-16-28-17-20-34(26-35(28)25-33)36-21-22-41-38-12-4-3-11-37(38)40-14-6-13-39(36)42(40)41;1-2-11-26(12-3-1)27-23-28(25-29(24-27)41-38-19-8-6-15-33(38)34-16-7-9-20-39(34)41)30-21-22-37-32-14-5-4-13-31(32)36-18-10-17-35(30)40(36)37/h1-38H;1-26H;1-25H. The summed E-state index contributed by atoms with van der Waals surface area (Å²) in [6.07, 6.45) is 0. The predicted molar refractivity (Wildman–Crippen MR) is 624 cm³/mol. The Morgan fingerprint density at radius 2 is 0.354 bits per heavy atom. The van der Waals surface area contributed by atoms with Crippen LogP contribution in [-0.2, 0) is 0 Å². The maximum atomic E-state index is 2.43. The largest absolute Gasteiger partial charge is 0.309 e. The molecule has 3 heterocycles. The SMILES string of the molecule is c1cc(-c2ccc3ccccc3c2)cc(-c2ccc3ccc(-c4ccc5c6c(cccc46)-c4ccccc4-5)cc3c2)c1.c1ccc(-c2cc(-c3ccc4c5c(cccc35)-c3ccccc3-4)cc(-n3c4ccccc4c4ccccc43)c2)cc1.c1ccc(-n2c3ccccc3c3ccc(-c4cc(-c5ccc6c7ccccc7n(-c7ccccc7)c6c5)cc(-c5ccc6c7c(cccc57)-c5cc7ccccc7cc5-6)c4)cc32)cc1. The number of hydrogen-bond donors (Lipinski definition) is 0. The normalized spacial score (nSPS) is 11.9. The van der Waals surface area contributed by atoms with Crippen molar-refractivity contribution in [1.82, 2.24) is 13.7 Å². The summed E-state index contributed by atoms with van der Waals surface area (Å²) in [4.78, 5) is 0. The van der Waals surface area contributed by atoms with Crippen molar-refractivity contribution in [3.8, 4) is 173 Å². The molecule has 3 aromatic heterocycles. The molecule has 3 aliphatic carbocycles. The third kappa shape index (κ3) is 13.6. The second-order valence-electron chi connectivity index (χ2n) is 39.6. The topological polar surface area (TPSA) is 14.8 Å². The average Bonchev–Trinajstić information content (AvgIpc) is 1.59. The molecule has 3 nitrogen and oxygen atoms in total. The molecular weight excluding hydrogens is 1770 g/mol. The summed E-state index contributed by atoms with van der Waals surface area (Å²) in [5.41, 5.74) is 46.2. The first-order valence-electron chi connectivity index (χ1n) is 51.0. The number of aromatic nitrogens is 3. The summed E-state index contributed by atoms with van der Waals surface area (Å²) in [5.74, 6) is 0. The van der Waals surface area contributed by atoms with E-state index in [1.54, 1.807) is 0 Å². The summed E-state index contributed by atoms with van der Waals surface area (Å²) in [5, 5.41) is 23.1. The number of nitrogens with zero attached hydrogens (tertiary/aromatic N) is 3. The molecule has 0 fully saturated rings. The van der Waals surface area contributed by atoms with Crippen LogP contribution < -0.4 is 0 Å². The maximum Gasteiger partial charge on any atom is 0.0547 e. The zero-order valence-corrected chi connectivity index (χ0v) is 80.2. The van der Waals surface area contributed by atoms with Crippen molar-refractivity contribution in [1.29, 1.82) is 0 Å². The van der Waals surface area contributed by atoms with Gasteiger partial charge in [0, 0.05) is 49.4 Å². The van der Waals surface area contributed by atoms with E-state index in [0.717, 1.165) is 11.4 Å². The van der Waals surface area contributed by atoms with E-state index in [2.05, 4.69) is 554 Å². The van der Waals surface area contributed by atoms with Crippen LogP contribution in [0.1, 0.15) is 0 Å². The first-order chi connectivity index (χ1) is 72.9. The second-order valence-corrected chi connectivity index (χ2v) is 39.6. The molecule has 147 heavy (non-hydrogen) atoms. The fraction of sp³-hybridized carbons (Fsp3) is 0. The summed E-state index contributed by atoms with van der Waals surface area (Å²) < 4.78 is 7.26. The van der Waals surface area contributed by atoms with Crippen molar-refractivity contribution < 1.29 is 0 Å².